The average molecular weight is 468 g/mol. The molecular weight excluding hydrogens is 438 g/mol. The lowest BCUT2D eigenvalue weighted by Gasteiger charge is -2.44. The van der Waals surface area contributed by atoms with E-state index in [0.29, 0.717) is 23.1 Å². The van der Waals surface area contributed by atoms with Crippen LogP contribution in [-0.2, 0) is 30.2 Å². The third-order valence-corrected chi connectivity index (χ3v) is 6.19. The summed E-state index contributed by atoms with van der Waals surface area (Å²) in [5.74, 6) is -0.910. The molecule has 1 unspecified atom stereocenters. The Morgan fingerprint density at radius 3 is 2.29 bits per heavy atom. The fourth-order valence-electron chi connectivity index (χ4n) is 4.65. The SMILES string of the molecule is COC[C@H]1O[C@H](C2OC(=O)C(c3ccccc3)=C2Cc2ccccc2)[C@H](NC(C)=O)[C@@H](O)[C@@H]1O. The highest BCUT2D eigenvalue weighted by Crippen LogP contribution is 2.38. The number of hydrogen-bond acceptors (Lipinski definition) is 7. The number of carbonyl (C=O) groups is 2. The highest BCUT2D eigenvalue weighted by molar-refractivity contribution is 6.19. The molecule has 2 aromatic carbocycles. The van der Waals surface area contributed by atoms with Gasteiger partial charge in [0.1, 0.15) is 24.4 Å². The van der Waals surface area contributed by atoms with Crippen LogP contribution in [0.2, 0.25) is 0 Å². The number of hydrogen-bond donors (Lipinski definition) is 3. The zero-order valence-electron chi connectivity index (χ0n) is 19.1. The second kappa shape index (κ2) is 10.5. The number of cyclic esters (lactones) is 1. The maximum atomic E-state index is 13.2. The minimum atomic E-state index is -1.35. The lowest BCUT2D eigenvalue weighted by molar-refractivity contribution is -0.216. The normalized spacial score (nSPS) is 29.1. The molecule has 0 spiro atoms. The molecule has 2 aliphatic rings. The minimum absolute atomic E-state index is 0.0193. The molecule has 1 fully saturated rings. The van der Waals surface area contributed by atoms with Crippen LogP contribution < -0.4 is 5.32 Å². The van der Waals surface area contributed by atoms with Gasteiger partial charge in [-0.05, 0) is 23.1 Å². The van der Waals surface area contributed by atoms with Gasteiger partial charge in [0, 0.05) is 14.0 Å². The number of rotatable bonds is 7. The first-order valence-corrected chi connectivity index (χ1v) is 11.2. The molecule has 0 saturated carbocycles. The summed E-state index contributed by atoms with van der Waals surface area (Å²) in [5, 5.41) is 24.1. The van der Waals surface area contributed by atoms with Crippen molar-refractivity contribution in [1.29, 1.82) is 0 Å². The smallest absolute Gasteiger partial charge is 0.339 e. The quantitative estimate of drug-likeness (QED) is 0.525. The number of carbonyl (C=O) groups excluding carboxylic acids is 2. The van der Waals surface area contributed by atoms with Gasteiger partial charge in [0.05, 0.1) is 18.2 Å². The van der Waals surface area contributed by atoms with E-state index >= 15 is 0 Å². The Balaban J connectivity index is 1.79. The highest BCUT2D eigenvalue weighted by Gasteiger charge is 2.52. The Bertz CT molecular complexity index is 1040. The van der Waals surface area contributed by atoms with Crippen LogP contribution in [0.5, 0.6) is 0 Å². The van der Waals surface area contributed by atoms with Crippen molar-refractivity contribution in [3.05, 3.63) is 77.4 Å². The average Bonchev–Trinajstić information content (AvgIpc) is 3.15. The number of aliphatic hydroxyl groups is 2. The largest absolute Gasteiger partial charge is 0.451 e. The van der Waals surface area contributed by atoms with Gasteiger partial charge in [0.25, 0.3) is 0 Å². The van der Waals surface area contributed by atoms with E-state index in [1.165, 1.54) is 14.0 Å². The molecule has 2 heterocycles. The van der Waals surface area contributed by atoms with E-state index in [0.717, 1.165) is 5.56 Å². The van der Waals surface area contributed by atoms with E-state index in [1.54, 1.807) is 0 Å². The van der Waals surface area contributed by atoms with Crippen molar-refractivity contribution < 1.29 is 34.0 Å². The molecule has 0 aromatic heterocycles. The maximum Gasteiger partial charge on any atom is 0.339 e. The van der Waals surface area contributed by atoms with Gasteiger partial charge in [0.15, 0.2) is 6.10 Å². The number of aliphatic hydroxyl groups excluding tert-OH is 2. The number of amides is 1. The van der Waals surface area contributed by atoms with Crippen LogP contribution in [0, 0.1) is 0 Å². The van der Waals surface area contributed by atoms with Crippen LogP contribution in [0.3, 0.4) is 0 Å². The van der Waals surface area contributed by atoms with E-state index in [4.69, 9.17) is 14.2 Å². The number of esters is 1. The fourth-order valence-corrected chi connectivity index (χ4v) is 4.65. The molecule has 34 heavy (non-hydrogen) atoms. The second-order valence-corrected chi connectivity index (χ2v) is 8.56. The Morgan fingerprint density at radius 2 is 1.68 bits per heavy atom. The fraction of sp³-hybridized carbons (Fsp3) is 0.385. The van der Waals surface area contributed by atoms with Crippen LogP contribution >= 0.6 is 0 Å². The first-order chi connectivity index (χ1) is 16.4. The van der Waals surface area contributed by atoms with Crippen LogP contribution in [0.4, 0.5) is 0 Å². The summed E-state index contributed by atoms with van der Waals surface area (Å²) in [7, 11) is 1.46. The zero-order chi connectivity index (χ0) is 24.2. The number of methoxy groups -OCH3 is 1. The molecule has 8 nitrogen and oxygen atoms in total. The molecular formula is C26H29NO7. The Kier molecular flexibility index (Phi) is 7.43. The molecule has 2 aliphatic heterocycles. The summed E-state index contributed by atoms with van der Waals surface area (Å²) in [4.78, 5) is 25.1. The summed E-state index contributed by atoms with van der Waals surface area (Å²) in [6.07, 6.45) is -4.93. The van der Waals surface area contributed by atoms with Crippen molar-refractivity contribution in [2.45, 2.75) is 49.9 Å². The number of ether oxygens (including phenoxy) is 3. The lowest BCUT2D eigenvalue weighted by atomic mass is 9.84. The van der Waals surface area contributed by atoms with Gasteiger partial charge in [-0.1, -0.05) is 60.7 Å². The van der Waals surface area contributed by atoms with Gasteiger partial charge in [0.2, 0.25) is 5.91 Å². The van der Waals surface area contributed by atoms with E-state index < -0.39 is 48.4 Å². The summed E-state index contributed by atoms with van der Waals surface area (Å²) >= 11 is 0. The monoisotopic (exact) mass is 467 g/mol. The summed E-state index contributed by atoms with van der Waals surface area (Å²) in [6, 6.07) is 17.9. The van der Waals surface area contributed by atoms with E-state index in [-0.39, 0.29) is 6.61 Å². The van der Waals surface area contributed by atoms with Crippen molar-refractivity contribution in [2.24, 2.45) is 0 Å². The van der Waals surface area contributed by atoms with Gasteiger partial charge in [-0.25, -0.2) is 4.79 Å². The molecule has 0 bridgehead atoms. The van der Waals surface area contributed by atoms with Crippen LogP contribution in [-0.4, -0.2) is 72.4 Å². The van der Waals surface area contributed by atoms with E-state index in [1.807, 2.05) is 60.7 Å². The number of benzene rings is 2. The Hall–Kier alpha value is -3.04. The van der Waals surface area contributed by atoms with E-state index in [2.05, 4.69) is 5.32 Å². The molecule has 0 radical (unpaired) electrons. The van der Waals surface area contributed by atoms with Gasteiger partial charge < -0.3 is 29.7 Å². The Labute approximate surface area is 198 Å². The van der Waals surface area contributed by atoms with Gasteiger partial charge in [-0.15, -0.1) is 0 Å². The topological polar surface area (TPSA) is 114 Å². The van der Waals surface area contributed by atoms with Crippen molar-refractivity contribution in [2.75, 3.05) is 13.7 Å². The molecule has 0 aliphatic carbocycles. The van der Waals surface area contributed by atoms with Gasteiger partial charge in [-0.3, -0.25) is 4.79 Å². The third kappa shape index (κ3) is 4.90. The summed E-state index contributed by atoms with van der Waals surface area (Å²) in [6.45, 7) is 1.33. The molecule has 180 valence electrons. The molecule has 1 saturated heterocycles. The lowest BCUT2D eigenvalue weighted by Crippen LogP contribution is -2.66. The first-order valence-electron chi connectivity index (χ1n) is 11.2. The predicted octanol–water partition coefficient (Wildman–Crippen LogP) is 1.25. The molecule has 6 atom stereocenters. The highest BCUT2D eigenvalue weighted by atomic mass is 16.6. The van der Waals surface area contributed by atoms with Crippen LogP contribution in [0.1, 0.15) is 18.1 Å². The summed E-state index contributed by atoms with van der Waals surface area (Å²) in [5.41, 5.74) is 2.79. The van der Waals surface area contributed by atoms with Crippen molar-refractivity contribution >= 4 is 17.4 Å². The van der Waals surface area contributed by atoms with Crippen molar-refractivity contribution in [3.8, 4) is 0 Å². The third-order valence-electron chi connectivity index (χ3n) is 6.19. The maximum absolute atomic E-state index is 13.2. The summed E-state index contributed by atoms with van der Waals surface area (Å²) < 4.78 is 17.2. The number of nitrogens with one attached hydrogen (secondary N) is 1. The predicted molar refractivity (Wildman–Crippen MR) is 124 cm³/mol. The Morgan fingerprint density at radius 1 is 1.03 bits per heavy atom. The molecule has 1 amide bonds. The molecule has 8 heteroatoms. The van der Waals surface area contributed by atoms with E-state index in [9.17, 15) is 19.8 Å². The first kappa shape index (κ1) is 24.1. The van der Waals surface area contributed by atoms with Gasteiger partial charge >= 0.3 is 5.97 Å². The molecule has 3 N–H and O–H groups in total. The van der Waals surface area contributed by atoms with Crippen LogP contribution in [0.25, 0.3) is 5.57 Å². The van der Waals surface area contributed by atoms with Crippen LogP contribution in [0.15, 0.2) is 66.2 Å². The second-order valence-electron chi connectivity index (χ2n) is 8.56. The molecule has 4 rings (SSSR count). The van der Waals surface area contributed by atoms with Gasteiger partial charge in [-0.2, -0.15) is 0 Å². The standard InChI is InChI=1S/C26H29NO7/c1-15(28)27-21-23(30)22(29)19(14-32-2)33-25(21)24-18(13-16-9-5-3-6-10-16)20(26(31)34-24)17-11-7-4-8-12-17/h3-12,19,21-25,29-30H,13-14H2,1-2H3,(H,27,28)/t19-,21-,22-,23-,24?,25+/m1/s1. The zero-order valence-corrected chi connectivity index (χ0v) is 19.1. The minimum Gasteiger partial charge on any atom is -0.451 e. The van der Waals surface area contributed by atoms with Crippen molar-refractivity contribution in [3.63, 3.8) is 0 Å². The van der Waals surface area contributed by atoms with Crippen molar-refractivity contribution in [1.82, 2.24) is 5.32 Å². The molecule has 2 aromatic rings.